The summed E-state index contributed by atoms with van der Waals surface area (Å²) in [6, 6.07) is 5.38. The molecule has 2 rings (SSSR count). The Morgan fingerprint density at radius 3 is 2.83 bits per heavy atom. The van der Waals surface area contributed by atoms with Gasteiger partial charge in [-0.15, -0.1) is 0 Å². The number of hydrogen-bond donors (Lipinski definition) is 1. The number of nitrogens with zero attached hydrogens (tertiary/aromatic N) is 1. The van der Waals surface area contributed by atoms with Crippen LogP contribution in [0.2, 0.25) is 0 Å². The molecular formula is C13H14F2N2S. The predicted octanol–water partition coefficient (Wildman–Crippen LogP) is 3.59. The quantitative estimate of drug-likeness (QED) is 0.838. The van der Waals surface area contributed by atoms with Crippen LogP contribution in [-0.2, 0) is 6.54 Å². The first-order chi connectivity index (χ1) is 8.70. The summed E-state index contributed by atoms with van der Waals surface area (Å²) in [6.07, 6.45) is 1.07. The lowest BCUT2D eigenvalue weighted by Gasteiger charge is -1.99. The molecule has 0 amide bonds. The van der Waals surface area contributed by atoms with Crippen molar-refractivity contribution in [3.8, 4) is 11.3 Å². The lowest BCUT2D eigenvalue weighted by molar-refractivity contribution is 0.585. The molecule has 96 valence electrons. The van der Waals surface area contributed by atoms with E-state index in [1.165, 1.54) is 23.7 Å². The fourth-order valence-electron chi connectivity index (χ4n) is 1.61. The summed E-state index contributed by atoms with van der Waals surface area (Å²) in [5.74, 6) is -1.15. The summed E-state index contributed by atoms with van der Waals surface area (Å²) in [4.78, 5) is 1.04. The van der Waals surface area contributed by atoms with E-state index < -0.39 is 11.6 Å². The average molecular weight is 268 g/mol. The summed E-state index contributed by atoms with van der Waals surface area (Å²) in [5.41, 5.74) is 0.903. The number of hydrogen-bond acceptors (Lipinski definition) is 3. The van der Waals surface area contributed by atoms with Crippen LogP contribution >= 0.6 is 11.5 Å². The third-order valence-corrected chi connectivity index (χ3v) is 3.28. The van der Waals surface area contributed by atoms with Crippen LogP contribution in [0.4, 0.5) is 8.78 Å². The molecule has 0 fully saturated rings. The van der Waals surface area contributed by atoms with Crippen LogP contribution < -0.4 is 5.32 Å². The highest BCUT2D eigenvalue weighted by Crippen LogP contribution is 2.25. The molecule has 0 aliphatic heterocycles. The average Bonchev–Trinajstić information content (AvgIpc) is 2.78. The molecule has 1 aromatic carbocycles. The van der Waals surface area contributed by atoms with E-state index in [9.17, 15) is 8.78 Å². The van der Waals surface area contributed by atoms with Crippen LogP contribution in [0.1, 0.15) is 18.2 Å². The maximum atomic E-state index is 13.6. The molecule has 0 atom stereocenters. The van der Waals surface area contributed by atoms with Gasteiger partial charge in [0, 0.05) is 23.1 Å². The van der Waals surface area contributed by atoms with E-state index in [2.05, 4.69) is 16.6 Å². The van der Waals surface area contributed by atoms with Gasteiger partial charge < -0.3 is 5.32 Å². The molecule has 0 bridgehead atoms. The number of nitrogens with one attached hydrogen (secondary N) is 1. The van der Waals surface area contributed by atoms with Gasteiger partial charge in [0.05, 0.1) is 5.69 Å². The maximum Gasteiger partial charge on any atom is 0.135 e. The first-order valence-corrected chi connectivity index (χ1v) is 6.59. The van der Waals surface area contributed by atoms with Gasteiger partial charge in [0.2, 0.25) is 0 Å². The number of aromatic nitrogens is 1. The normalized spacial score (nSPS) is 10.8. The van der Waals surface area contributed by atoms with Crippen molar-refractivity contribution in [2.24, 2.45) is 0 Å². The Morgan fingerprint density at radius 2 is 2.11 bits per heavy atom. The second kappa shape index (κ2) is 6.02. The third-order valence-electron chi connectivity index (χ3n) is 2.49. The van der Waals surface area contributed by atoms with Crippen LogP contribution in [0.15, 0.2) is 24.3 Å². The zero-order chi connectivity index (χ0) is 13.0. The van der Waals surface area contributed by atoms with Crippen molar-refractivity contribution in [2.75, 3.05) is 6.54 Å². The van der Waals surface area contributed by atoms with E-state index in [-0.39, 0.29) is 0 Å². The first kappa shape index (κ1) is 13.1. The monoisotopic (exact) mass is 268 g/mol. The van der Waals surface area contributed by atoms with Crippen molar-refractivity contribution in [1.82, 2.24) is 9.69 Å². The third kappa shape index (κ3) is 3.11. The minimum Gasteiger partial charge on any atom is -0.312 e. The van der Waals surface area contributed by atoms with Crippen molar-refractivity contribution in [3.05, 3.63) is 40.8 Å². The summed E-state index contributed by atoms with van der Waals surface area (Å²) in [6.45, 7) is 3.77. The lowest BCUT2D eigenvalue weighted by atomic mass is 10.1. The number of halogens is 2. The molecule has 1 aromatic heterocycles. The molecule has 2 nitrogen and oxygen atoms in total. The van der Waals surface area contributed by atoms with Gasteiger partial charge in [-0.1, -0.05) is 6.92 Å². The zero-order valence-electron chi connectivity index (χ0n) is 10.0. The maximum absolute atomic E-state index is 13.6. The van der Waals surface area contributed by atoms with Crippen LogP contribution in [-0.4, -0.2) is 10.9 Å². The van der Waals surface area contributed by atoms with Gasteiger partial charge >= 0.3 is 0 Å². The molecule has 0 spiro atoms. The van der Waals surface area contributed by atoms with Crippen molar-refractivity contribution < 1.29 is 8.78 Å². The molecule has 0 aliphatic rings. The second-order valence-corrected chi connectivity index (χ2v) is 4.87. The summed E-state index contributed by atoms with van der Waals surface area (Å²) in [5, 5.41) is 3.26. The molecule has 0 saturated carbocycles. The van der Waals surface area contributed by atoms with Crippen LogP contribution in [0, 0.1) is 11.6 Å². The topological polar surface area (TPSA) is 24.9 Å². The minimum absolute atomic E-state index is 0.342. The Kier molecular flexibility index (Phi) is 4.38. The van der Waals surface area contributed by atoms with Gasteiger partial charge in [-0.3, -0.25) is 0 Å². The van der Waals surface area contributed by atoms with Crippen molar-refractivity contribution >= 4 is 11.5 Å². The Labute approximate surface area is 109 Å². The molecule has 1 heterocycles. The fourth-order valence-corrected chi connectivity index (χ4v) is 2.31. The number of rotatable bonds is 5. The van der Waals surface area contributed by atoms with E-state index in [4.69, 9.17) is 0 Å². The zero-order valence-corrected chi connectivity index (χ0v) is 10.9. The highest BCUT2D eigenvalue weighted by Gasteiger charge is 2.10. The Hall–Kier alpha value is -1.33. The molecule has 0 saturated heterocycles. The lowest BCUT2D eigenvalue weighted by Crippen LogP contribution is -2.12. The highest BCUT2D eigenvalue weighted by molar-refractivity contribution is 7.06. The summed E-state index contributed by atoms with van der Waals surface area (Å²) < 4.78 is 30.6. The Balaban J connectivity index is 2.13. The van der Waals surface area contributed by atoms with E-state index in [1.54, 1.807) is 0 Å². The molecule has 0 radical (unpaired) electrons. The summed E-state index contributed by atoms with van der Waals surface area (Å²) >= 11 is 1.33. The smallest absolute Gasteiger partial charge is 0.135 e. The van der Waals surface area contributed by atoms with Gasteiger partial charge in [-0.2, -0.15) is 4.37 Å². The van der Waals surface area contributed by atoms with Gasteiger partial charge in [-0.05, 0) is 42.7 Å². The van der Waals surface area contributed by atoms with Crippen molar-refractivity contribution in [3.63, 3.8) is 0 Å². The molecule has 1 N–H and O–H groups in total. The van der Waals surface area contributed by atoms with E-state index >= 15 is 0 Å². The second-order valence-electron chi connectivity index (χ2n) is 3.98. The fraction of sp³-hybridized carbons (Fsp3) is 0.308. The number of benzene rings is 1. The van der Waals surface area contributed by atoms with Crippen LogP contribution in [0.3, 0.4) is 0 Å². The standard InChI is InChI=1S/C13H14F2N2S/c1-2-5-16-8-10-7-13(17-18-10)11-4-3-9(14)6-12(11)15/h3-4,6-7,16H,2,5,8H2,1H3. The molecule has 2 aromatic rings. The van der Waals surface area contributed by atoms with Gasteiger partial charge in [0.15, 0.2) is 0 Å². The molecule has 18 heavy (non-hydrogen) atoms. The molecule has 5 heteroatoms. The minimum atomic E-state index is -0.576. The predicted molar refractivity (Wildman–Crippen MR) is 69.5 cm³/mol. The first-order valence-electron chi connectivity index (χ1n) is 5.82. The molecule has 0 unspecified atom stereocenters. The van der Waals surface area contributed by atoms with Gasteiger partial charge in [-0.25, -0.2) is 8.78 Å². The highest BCUT2D eigenvalue weighted by atomic mass is 32.1. The van der Waals surface area contributed by atoms with Crippen LogP contribution in [0.25, 0.3) is 11.3 Å². The van der Waals surface area contributed by atoms with Crippen molar-refractivity contribution in [2.45, 2.75) is 19.9 Å². The van der Waals surface area contributed by atoms with Crippen LogP contribution in [0.5, 0.6) is 0 Å². The van der Waals surface area contributed by atoms with E-state index in [0.29, 0.717) is 11.3 Å². The van der Waals surface area contributed by atoms with Gasteiger partial charge in [0.25, 0.3) is 0 Å². The Morgan fingerprint density at radius 1 is 1.28 bits per heavy atom. The summed E-state index contributed by atoms with van der Waals surface area (Å²) in [7, 11) is 0. The van der Waals surface area contributed by atoms with Crippen molar-refractivity contribution in [1.29, 1.82) is 0 Å². The SMILES string of the molecule is CCCNCc1cc(-c2ccc(F)cc2F)ns1. The molecular weight excluding hydrogens is 254 g/mol. The van der Waals surface area contributed by atoms with E-state index in [0.717, 1.165) is 30.5 Å². The largest absolute Gasteiger partial charge is 0.312 e. The van der Waals surface area contributed by atoms with E-state index in [1.807, 2.05) is 6.07 Å². The molecule has 0 aliphatic carbocycles. The Bertz CT molecular complexity index is 525. The van der Waals surface area contributed by atoms with Gasteiger partial charge in [0.1, 0.15) is 11.6 Å².